The first-order chi connectivity index (χ1) is 14.1. The first kappa shape index (κ1) is 19.7. The minimum absolute atomic E-state index is 0.137. The lowest BCUT2D eigenvalue weighted by Gasteiger charge is -2.33. The number of hydrogen-bond donors (Lipinski definition) is 0. The molecule has 2 aromatic carbocycles. The third-order valence-corrected chi connectivity index (χ3v) is 5.47. The summed E-state index contributed by atoms with van der Waals surface area (Å²) in [7, 11) is 1.62. The smallest absolute Gasteiger partial charge is 0.292 e. The normalized spacial score (nSPS) is 17.5. The summed E-state index contributed by atoms with van der Waals surface area (Å²) in [4.78, 5) is 15.2. The van der Waals surface area contributed by atoms with Crippen molar-refractivity contribution >= 4 is 11.6 Å². The summed E-state index contributed by atoms with van der Waals surface area (Å²) in [6.07, 6.45) is 1.47. The summed E-state index contributed by atoms with van der Waals surface area (Å²) in [5.41, 5.74) is 3.81. The van der Waals surface area contributed by atoms with E-state index in [1.54, 1.807) is 12.0 Å². The fourth-order valence-corrected chi connectivity index (χ4v) is 4.10. The maximum absolute atomic E-state index is 13.4. The number of carbonyl (C=O) groups is 1. The molecule has 6 nitrogen and oxygen atoms in total. The molecule has 4 rings (SSSR count). The third-order valence-electron chi connectivity index (χ3n) is 5.47. The number of aryl methyl sites for hydroxylation is 2. The molecule has 154 valence electrons. The van der Waals surface area contributed by atoms with Crippen LogP contribution >= 0.6 is 0 Å². The molecule has 0 aromatic heterocycles. The highest BCUT2D eigenvalue weighted by Gasteiger charge is 2.56. The molecule has 0 radical (unpaired) electrons. The zero-order chi connectivity index (χ0) is 20.4. The van der Waals surface area contributed by atoms with Gasteiger partial charge in [-0.1, -0.05) is 24.3 Å². The van der Waals surface area contributed by atoms with Gasteiger partial charge in [-0.3, -0.25) is 4.79 Å². The van der Waals surface area contributed by atoms with Gasteiger partial charge in [-0.15, -0.1) is 0 Å². The highest BCUT2D eigenvalue weighted by Crippen LogP contribution is 2.48. The molecule has 0 bridgehead atoms. The number of carbonyl (C=O) groups excluding carboxylic acids is 1. The number of benzene rings is 2. The molecule has 2 aliphatic heterocycles. The fourth-order valence-electron chi connectivity index (χ4n) is 4.10. The monoisotopic (exact) mass is 397 g/mol. The number of ether oxygens (including phenoxy) is 4. The lowest BCUT2D eigenvalue weighted by Crippen LogP contribution is -2.47. The molecule has 1 spiro atoms. The van der Waals surface area contributed by atoms with Gasteiger partial charge in [0.05, 0.1) is 32.6 Å². The molecule has 1 fully saturated rings. The number of methoxy groups -OCH3 is 1. The Bertz CT molecular complexity index is 904. The Morgan fingerprint density at radius 1 is 1.03 bits per heavy atom. The van der Waals surface area contributed by atoms with Crippen LogP contribution in [-0.4, -0.2) is 39.4 Å². The van der Waals surface area contributed by atoms with E-state index in [1.807, 2.05) is 50.2 Å². The van der Waals surface area contributed by atoms with E-state index in [0.29, 0.717) is 44.3 Å². The second kappa shape index (κ2) is 8.05. The van der Waals surface area contributed by atoms with Gasteiger partial charge in [0.15, 0.2) is 11.5 Å². The topological polar surface area (TPSA) is 57.2 Å². The molecule has 0 saturated carbocycles. The van der Waals surface area contributed by atoms with E-state index < -0.39 is 5.79 Å². The van der Waals surface area contributed by atoms with Crippen molar-refractivity contribution in [3.05, 3.63) is 53.1 Å². The molecule has 2 aliphatic rings. The van der Waals surface area contributed by atoms with Crippen molar-refractivity contribution in [2.45, 2.75) is 32.5 Å². The standard InChI is InChI=1S/C23H27NO5/c1-16-10-11-17(2)21-20(16)23(28-14-7-15-29-23)22(25)24(21)12-6-13-27-19-9-5-4-8-18(19)26-3/h4-5,8-11H,6-7,12-15H2,1-3H3. The van der Waals surface area contributed by atoms with Crippen molar-refractivity contribution in [2.75, 3.05) is 38.4 Å². The van der Waals surface area contributed by atoms with E-state index in [1.165, 1.54) is 0 Å². The van der Waals surface area contributed by atoms with Crippen molar-refractivity contribution in [1.82, 2.24) is 0 Å². The van der Waals surface area contributed by atoms with Crippen molar-refractivity contribution in [2.24, 2.45) is 0 Å². The lowest BCUT2D eigenvalue weighted by molar-refractivity contribution is -0.257. The Morgan fingerprint density at radius 2 is 1.72 bits per heavy atom. The van der Waals surface area contributed by atoms with Gasteiger partial charge in [0.2, 0.25) is 0 Å². The maximum Gasteiger partial charge on any atom is 0.292 e. The molecular weight excluding hydrogens is 370 g/mol. The summed E-state index contributed by atoms with van der Waals surface area (Å²) in [5.74, 6) is -0.0373. The molecule has 2 aromatic rings. The van der Waals surface area contributed by atoms with E-state index in [0.717, 1.165) is 28.8 Å². The van der Waals surface area contributed by atoms with Crippen LogP contribution in [0, 0.1) is 13.8 Å². The minimum atomic E-state index is -1.30. The van der Waals surface area contributed by atoms with Crippen LogP contribution in [0.3, 0.4) is 0 Å². The van der Waals surface area contributed by atoms with Gasteiger partial charge in [-0.2, -0.15) is 0 Å². The van der Waals surface area contributed by atoms with Gasteiger partial charge < -0.3 is 23.8 Å². The predicted octanol–water partition coefficient (Wildman–Crippen LogP) is 3.72. The number of anilines is 1. The van der Waals surface area contributed by atoms with E-state index in [9.17, 15) is 4.79 Å². The number of fused-ring (bicyclic) bond motifs is 2. The fraction of sp³-hybridized carbons (Fsp3) is 0.435. The number of para-hydroxylation sites is 2. The molecule has 2 heterocycles. The average molecular weight is 397 g/mol. The third kappa shape index (κ3) is 3.36. The van der Waals surface area contributed by atoms with Crippen LogP contribution in [-0.2, 0) is 20.1 Å². The Kier molecular flexibility index (Phi) is 5.48. The first-order valence-electron chi connectivity index (χ1n) is 10.0. The van der Waals surface area contributed by atoms with Gasteiger partial charge in [0, 0.05) is 12.1 Å². The van der Waals surface area contributed by atoms with E-state index in [2.05, 4.69) is 0 Å². The van der Waals surface area contributed by atoms with Crippen molar-refractivity contribution in [1.29, 1.82) is 0 Å². The number of amides is 1. The molecular formula is C23H27NO5. The second-order valence-electron chi connectivity index (χ2n) is 7.40. The Labute approximate surface area is 171 Å². The number of hydrogen-bond acceptors (Lipinski definition) is 5. The summed E-state index contributed by atoms with van der Waals surface area (Å²) in [6, 6.07) is 11.6. The molecule has 0 unspecified atom stereocenters. The van der Waals surface area contributed by atoms with Crippen LogP contribution in [0.2, 0.25) is 0 Å². The summed E-state index contributed by atoms with van der Waals surface area (Å²) >= 11 is 0. The van der Waals surface area contributed by atoms with Gasteiger partial charge in [-0.05, 0) is 49.9 Å². The summed E-state index contributed by atoms with van der Waals surface area (Å²) < 4.78 is 23.1. The van der Waals surface area contributed by atoms with Crippen LogP contribution in [0.25, 0.3) is 0 Å². The van der Waals surface area contributed by atoms with Crippen molar-refractivity contribution in [3.8, 4) is 11.5 Å². The Hall–Kier alpha value is -2.57. The summed E-state index contributed by atoms with van der Waals surface area (Å²) in [6.45, 7) is 6.06. The predicted molar refractivity (Wildman–Crippen MR) is 110 cm³/mol. The highest BCUT2D eigenvalue weighted by molar-refractivity contribution is 6.07. The van der Waals surface area contributed by atoms with Gasteiger partial charge in [0.1, 0.15) is 0 Å². The molecule has 0 atom stereocenters. The molecule has 6 heteroatoms. The van der Waals surface area contributed by atoms with E-state index in [4.69, 9.17) is 18.9 Å². The maximum atomic E-state index is 13.4. The van der Waals surface area contributed by atoms with Gasteiger partial charge >= 0.3 is 0 Å². The first-order valence-corrected chi connectivity index (χ1v) is 10.0. The van der Waals surface area contributed by atoms with Gasteiger partial charge in [0.25, 0.3) is 11.7 Å². The lowest BCUT2D eigenvalue weighted by atomic mass is 9.97. The van der Waals surface area contributed by atoms with Crippen molar-refractivity contribution < 1.29 is 23.7 Å². The molecule has 1 saturated heterocycles. The zero-order valence-corrected chi connectivity index (χ0v) is 17.2. The van der Waals surface area contributed by atoms with Crippen molar-refractivity contribution in [3.63, 3.8) is 0 Å². The number of nitrogens with zero attached hydrogens (tertiary/aromatic N) is 1. The average Bonchev–Trinajstić information content (AvgIpc) is 2.98. The quantitative estimate of drug-likeness (QED) is 0.696. The van der Waals surface area contributed by atoms with Crippen LogP contribution < -0.4 is 14.4 Å². The van der Waals surface area contributed by atoms with E-state index >= 15 is 0 Å². The van der Waals surface area contributed by atoms with E-state index in [-0.39, 0.29) is 5.91 Å². The summed E-state index contributed by atoms with van der Waals surface area (Å²) in [5, 5.41) is 0. The largest absolute Gasteiger partial charge is 0.493 e. The zero-order valence-electron chi connectivity index (χ0n) is 17.2. The number of rotatable bonds is 6. The van der Waals surface area contributed by atoms with Gasteiger partial charge in [-0.25, -0.2) is 0 Å². The second-order valence-corrected chi connectivity index (χ2v) is 7.40. The van der Waals surface area contributed by atoms with Crippen LogP contribution in [0.4, 0.5) is 5.69 Å². The highest BCUT2D eigenvalue weighted by atomic mass is 16.7. The molecule has 0 aliphatic carbocycles. The SMILES string of the molecule is COc1ccccc1OCCCN1C(=O)C2(OCCCO2)c2c(C)ccc(C)c21. The van der Waals surface area contributed by atoms with Crippen LogP contribution in [0.5, 0.6) is 11.5 Å². The van der Waals surface area contributed by atoms with Crippen LogP contribution in [0.15, 0.2) is 36.4 Å². The minimum Gasteiger partial charge on any atom is -0.493 e. The molecule has 0 N–H and O–H groups in total. The molecule has 1 amide bonds. The Balaban J connectivity index is 1.52. The van der Waals surface area contributed by atoms with Crippen LogP contribution in [0.1, 0.15) is 29.5 Å². The molecule has 29 heavy (non-hydrogen) atoms. The Morgan fingerprint density at radius 3 is 2.45 bits per heavy atom.